The molecule has 1 aliphatic carbocycles. The molecule has 18 heavy (non-hydrogen) atoms. The Hall–Kier alpha value is -2.23. The fourth-order valence-electron chi connectivity index (χ4n) is 1.59. The first-order valence-corrected chi connectivity index (χ1v) is 5.62. The average molecular weight is 244 g/mol. The molecule has 2 rings (SSSR count). The van der Waals surface area contributed by atoms with E-state index in [9.17, 15) is 14.4 Å². The van der Waals surface area contributed by atoms with Crippen LogP contribution in [0.15, 0.2) is 36.1 Å². The number of ether oxygens (including phenoxy) is 1. The molecule has 0 radical (unpaired) electrons. The Morgan fingerprint density at radius 3 is 2.33 bits per heavy atom. The van der Waals surface area contributed by atoms with E-state index >= 15 is 0 Å². The summed E-state index contributed by atoms with van der Waals surface area (Å²) >= 11 is 0. The zero-order chi connectivity index (χ0) is 13.3. The normalized spacial score (nSPS) is 14.3. The number of hydrogen-bond donors (Lipinski definition) is 0. The van der Waals surface area contributed by atoms with Crippen molar-refractivity contribution in [3.05, 3.63) is 47.2 Å². The average Bonchev–Trinajstić information content (AvgIpc) is 2.35. The molecule has 0 amide bonds. The molecule has 0 saturated carbocycles. The van der Waals surface area contributed by atoms with Crippen molar-refractivity contribution >= 4 is 17.5 Å². The van der Waals surface area contributed by atoms with E-state index in [1.807, 2.05) is 0 Å². The monoisotopic (exact) mass is 244 g/mol. The number of carbonyl (C=O) groups is 3. The lowest BCUT2D eigenvalue weighted by molar-refractivity contribution is -0.142. The Kier molecular flexibility index (Phi) is 3.10. The van der Waals surface area contributed by atoms with Gasteiger partial charge in [-0.3, -0.25) is 14.4 Å². The minimum atomic E-state index is -0.526. The third-order valence-electron chi connectivity index (χ3n) is 2.61. The standard InChI is InChI=1S/C14H12O4/c1-8(2)14(17)18-12-7-11(15)9-5-3-4-6-10(9)13(12)16/h3-8H,1-2H3. The van der Waals surface area contributed by atoms with Gasteiger partial charge in [-0.15, -0.1) is 0 Å². The molecule has 0 N–H and O–H groups in total. The van der Waals surface area contributed by atoms with Crippen LogP contribution in [0.1, 0.15) is 34.6 Å². The third-order valence-corrected chi connectivity index (χ3v) is 2.61. The van der Waals surface area contributed by atoms with Crippen LogP contribution in [0.4, 0.5) is 0 Å². The van der Waals surface area contributed by atoms with Gasteiger partial charge in [0.2, 0.25) is 5.78 Å². The first-order chi connectivity index (χ1) is 8.50. The highest BCUT2D eigenvalue weighted by Crippen LogP contribution is 2.22. The highest BCUT2D eigenvalue weighted by atomic mass is 16.5. The fraction of sp³-hybridized carbons (Fsp3) is 0.214. The fourth-order valence-corrected chi connectivity index (χ4v) is 1.59. The van der Waals surface area contributed by atoms with Crippen LogP contribution in [-0.2, 0) is 9.53 Å². The van der Waals surface area contributed by atoms with Crippen LogP contribution in [0.5, 0.6) is 0 Å². The lowest BCUT2D eigenvalue weighted by atomic mass is 9.94. The van der Waals surface area contributed by atoms with Gasteiger partial charge in [-0.25, -0.2) is 0 Å². The van der Waals surface area contributed by atoms with Gasteiger partial charge in [0.15, 0.2) is 11.5 Å². The van der Waals surface area contributed by atoms with Gasteiger partial charge in [0, 0.05) is 17.2 Å². The van der Waals surface area contributed by atoms with Crippen molar-refractivity contribution in [1.82, 2.24) is 0 Å². The minimum Gasteiger partial charge on any atom is -0.422 e. The second-order valence-electron chi connectivity index (χ2n) is 4.32. The van der Waals surface area contributed by atoms with Gasteiger partial charge >= 0.3 is 5.97 Å². The second kappa shape index (κ2) is 4.56. The molecule has 4 nitrogen and oxygen atoms in total. The molecule has 0 saturated heterocycles. The van der Waals surface area contributed by atoms with Crippen molar-refractivity contribution in [2.24, 2.45) is 5.92 Å². The highest BCUT2D eigenvalue weighted by molar-refractivity contribution is 6.24. The van der Waals surface area contributed by atoms with Gasteiger partial charge in [-0.1, -0.05) is 38.1 Å². The van der Waals surface area contributed by atoms with E-state index in [4.69, 9.17) is 4.74 Å². The Morgan fingerprint density at radius 2 is 1.72 bits per heavy atom. The largest absolute Gasteiger partial charge is 0.422 e. The van der Waals surface area contributed by atoms with Crippen LogP contribution >= 0.6 is 0 Å². The summed E-state index contributed by atoms with van der Waals surface area (Å²) in [4.78, 5) is 35.2. The molecular formula is C14H12O4. The SMILES string of the molecule is CC(C)C(=O)OC1=CC(=O)c2ccccc2C1=O. The van der Waals surface area contributed by atoms with Crippen molar-refractivity contribution in [3.63, 3.8) is 0 Å². The topological polar surface area (TPSA) is 60.4 Å². The Morgan fingerprint density at radius 1 is 1.11 bits per heavy atom. The maximum Gasteiger partial charge on any atom is 0.313 e. The first kappa shape index (κ1) is 12.2. The van der Waals surface area contributed by atoms with Crippen LogP contribution in [0.25, 0.3) is 0 Å². The predicted molar refractivity (Wildman–Crippen MR) is 64.1 cm³/mol. The number of Topliss-reactive ketones (excluding diaryl/α,β-unsaturated/α-hetero) is 1. The van der Waals surface area contributed by atoms with Gasteiger partial charge in [0.05, 0.1) is 5.92 Å². The number of allylic oxidation sites excluding steroid dienone is 2. The van der Waals surface area contributed by atoms with Gasteiger partial charge in [-0.05, 0) is 0 Å². The van der Waals surface area contributed by atoms with Gasteiger partial charge in [-0.2, -0.15) is 0 Å². The maximum absolute atomic E-state index is 12.0. The van der Waals surface area contributed by atoms with Crippen molar-refractivity contribution in [2.75, 3.05) is 0 Å². The molecule has 1 aromatic carbocycles. The van der Waals surface area contributed by atoms with Crippen LogP contribution in [0.2, 0.25) is 0 Å². The molecule has 0 heterocycles. The lowest BCUT2D eigenvalue weighted by Gasteiger charge is -2.15. The summed E-state index contributed by atoms with van der Waals surface area (Å²) in [6, 6.07) is 6.47. The predicted octanol–water partition coefficient (Wildman–Crippen LogP) is 2.15. The number of fused-ring (bicyclic) bond motifs is 1. The van der Waals surface area contributed by atoms with Gasteiger partial charge in [0.1, 0.15) is 0 Å². The summed E-state index contributed by atoms with van der Waals surface area (Å²) in [6.07, 6.45) is 1.07. The number of rotatable bonds is 2. The number of esters is 1. The maximum atomic E-state index is 12.0. The van der Waals surface area contributed by atoms with Crippen LogP contribution in [-0.4, -0.2) is 17.5 Å². The summed E-state index contributed by atoms with van der Waals surface area (Å²) in [5.41, 5.74) is 0.614. The van der Waals surface area contributed by atoms with E-state index in [-0.39, 0.29) is 23.0 Å². The lowest BCUT2D eigenvalue weighted by Crippen LogP contribution is -2.22. The summed E-state index contributed by atoms with van der Waals surface area (Å²) in [5.74, 6) is -1.83. The number of hydrogen-bond acceptors (Lipinski definition) is 4. The number of carbonyl (C=O) groups excluding carboxylic acids is 3. The molecule has 92 valence electrons. The third kappa shape index (κ3) is 2.09. The molecule has 4 heteroatoms. The molecule has 0 spiro atoms. The van der Waals surface area contributed by atoms with E-state index in [1.165, 1.54) is 0 Å². The van der Waals surface area contributed by atoms with Gasteiger partial charge in [0.25, 0.3) is 0 Å². The molecule has 0 fully saturated rings. The summed E-state index contributed by atoms with van der Waals surface area (Å²) in [5, 5.41) is 0. The molecule has 1 aromatic rings. The smallest absolute Gasteiger partial charge is 0.313 e. The van der Waals surface area contributed by atoms with Crippen LogP contribution in [0.3, 0.4) is 0 Å². The molecule has 0 aliphatic heterocycles. The molecule has 0 aromatic heterocycles. The molecular weight excluding hydrogens is 232 g/mol. The van der Waals surface area contributed by atoms with Crippen molar-refractivity contribution < 1.29 is 19.1 Å². The Balaban J connectivity index is 2.34. The van der Waals surface area contributed by atoms with E-state index in [2.05, 4.69) is 0 Å². The van der Waals surface area contributed by atoms with E-state index in [0.29, 0.717) is 5.56 Å². The number of ketones is 2. The van der Waals surface area contributed by atoms with Crippen LogP contribution < -0.4 is 0 Å². The van der Waals surface area contributed by atoms with E-state index in [1.54, 1.807) is 38.1 Å². The van der Waals surface area contributed by atoms with E-state index in [0.717, 1.165) is 6.08 Å². The van der Waals surface area contributed by atoms with Crippen molar-refractivity contribution in [1.29, 1.82) is 0 Å². The zero-order valence-corrected chi connectivity index (χ0v) is 10.1. The first-order valence-electron chi connectivity index (χ1n) is 5.62. The summed E-state index contributed by atoms with van der Waals surface area (Å²) < 4.78 is 4.94. The molecule has 0 unspecified atom stereocenters. The van der Waals surface area contributed by atoms with Gasteiger partial charge < -0.3 is 4.74 Å². The zero-order valence-electron chi connectivity index (χ0n) is 10.1. The molecule has 0 bridgehead atoms. The highest BCUT2D eigenvalue weighted by Gasteiger charge is 2.28. The van der Waals surface area contributed by atoms with Crippen LogP contribution in [0, 0.1) is 5.92 Å². The van der Waals surface area contributed by atoms with Crippen molar-refractivity contribution in [3.8, 4) is 0 Å². The summed E-state index contributed by atoms with van der Waals surface area (Å²) in [7, 11) is 0. The second-order valence-corrected chi connectivity index (χ2v) is 4.32. The number of benzene rings is 1. The Bertz CT molecular complexity index is 567. The quantitative estimate of drug-likeness (QED) is 0.748. The van der Waals surface area contributed by atoms with Crippen molar-refractivity contribution in [2.45, 2.75) is 13.8 Å². The molecule has 1 aliphatic rings. The summed E-state index contributed by atoms with van der Waals surface area (Å²) in [6.45, 7) is 3.32. The van der Waals surface area contributed by atoms with E-state index < -0.39 is 11.8 Å². The minimum absolute atomic E-state index is 0.197. The molecule has 0 atom stereocenters. The Labute approximate surface area is 104 Å².